The molecule has 0 bridgehead atoms. The number of rotatable bonds is 22. The summed E-state index contributed by atoms with van der Waals surface area (Å²) < 4.78 is 61.7. The van der Waals surface area contributed by atoms with Gasteiger partial charge >= 0.3 is 6.18 Å². The van der Waals surface area contributed by atoms with Gasteiger partial charge in [0, 0.05) is 48.7 Å². The number of amides is 4. The first kappa shape index (κ1) is 58.2. The highest BCUT2D eigenvalue weighted by molar-refractivity contribution is 6.35. The Morgan fingerprint density at radius 2 is 0.767 bits per heavy atom. The molecule has 4 amide bonds. The average molecular weight is 1170 g/mol. The van der Waals surface area contributed by atoms with Crippen LogP contribution in [0.3, 0.4) is 0 Å². The van der Waals surface area contributed by atoms with Gasteiger partial charge in [0.1, 0.15) is 30.1 Å². The van der Waals surface area contributed by atoms with E-state index in [0.29, 0.717) is 35.8 Å². The number of alkyl halides is 3. The molecule has 23 heteroatoms. The predicted octanol–water partition coefficient (Wildman–Crippen LogP) is 14.6. The van der Waals surface area contributed by atoms with Crippen LogP contribution in [0.5, 0.6) is 11.5 Å². The lowest BCUT2D eigenvalue weighted by Crippen LogP contribution is -2.41. The minimum absolute atomic E-state index is 0.0440. The van der Waals surface area contributed by atoms with E-state index < -0.39 is 56.2 Å². The topological polar surface area (TPSA) is 235 Å². The van der Waals surface area contributed by atoms with Gasteiger partial charge in [-0.1, -0.05) is 36.4 Å². The van der Waals surface area contributed by atoms with E-state index in [9.17, 15) is 39.4 Å². The summed E-state index contributed by atoms with van der Waals surface area (Å²) in [5.41, 5.74) is -0.916. The molecule has 8 aromatic carbocycles. The molecule has 0 aromatic heterocycles. The van der Waals surface area contributed by atoms with Crippen LogP contribution in [0.25, 0.3) is 0 Å². The normalized spacial score (nSPS) is 13.2. The van der Waals surface area contributed by atoms with Gasteiger partial charge in [0.15, 0.2) is 0 Å². The second kappa shape index (κ2) is 24.5. The summed E-state index contributed by atoms with van der Waals surface area (Å²) in [5.74, 6) is -3.25. The third kappa shape index (κ3) is 11.7. The maximum absolute atomic E-state index is 16.3. The number of anilines is 4. The summed E-state index contributed by atoms with van der Waals surface area (Å²) in [6, 6.07) is 44.6. The van der Waals surface area contributed by atoms with Crippen molar-refractivity contribution in [1.82, 2.24) is 0 Å². The predicted molar refractivity (Wildman–Crippen MR) is 315 cm³/mol. The quantitative estimate of drug-likeness (QED) is 0.0267. The summed E-state index contributed by atoms with van der Waals surface area (Å²) in [6.07, 6.45) is -5.11. The third-order valence-electron chi connectivity index (χ3n) is 14.8. The van der Waals surface area contributed by atoms with E-state index in [1.165, 1.54) is 97.1 Å². The standard InChI is InChI=1S/C63H51F3N10O10/c1-4-71(46-24-16-42(17-25-46)67-69-44-20-28-48(29-21-44)75(81)82)34-36-85-56-32-14-40(38-54(56)73-58(77)50-10-6-7-11-51(50)59(73)78)62(3,63(64,65)66)41-15-33-57(55(39-41)74-60(79)52-12-8-9-13-53(52)61(74)80)86-37-35-72(5-2)47-26-18-43(19-27-47)68-70-45-22-30-49(31-23-45)76(83)84/h6-33,38-39H,4-5,34-37H2,1-3H3/b69-67+,70-68+. The molecule has 434 valence electrons. The molecule has 10 rings (SSSR count). The van der Waals surface area contributed by atoms with Crippen molar-refractivity contribution in [1.29, 1.82) is 0 Å². The summed E-state index contributed by atoms with van der Waals surface area (Å²) in [7, 11) is 0. The molecule has 0 aliphatic carbocycles. The van der Waals surface area contributed by atoms with Gasteiger partial charge in [-0.25, -0.2) is 9.80 Å². The van der Waals surface area contributed by atoms with Crippen LogP contribution in [0.2, 0.25) is 0 Å². The minimum Gasteiger partial charge on any atom is -0.490 e. The zero-order valence-electron chi connectivity index (χ0n) is 46.3. The number of carbonyl (C=O) groups excluding carboxylic acids is 4. The summed E-state index contributed by atoms with van der Waals surface area (Å²) in [5, 5.41) is 38.8. The van der Waals surface area contributed by atoms with Crippen LogP contribution in [0.1, 0.15) is 73.3 Å². The molecule has 0 fully saturated rings. The molecule has 0 N–H and O–H groups in total. The van der Waals surface area contributed by atoms with Gasteiger partial charge in [0.05, 0.1) is 79.3 Å². The third-order valence-corrected chi connectivity index (χ3v) is 14.8. The number of imide groups is 2. The fourth-order valence-electron chi connectivity index (χ4n) is 10.0. The fourth-order valence-corrected chi connectivity index (χ4v) is 10.0. The van der Waals surface area contributed by atoms with Gasteiger partial charge < -0.3 is 19.3 Å². The molecule has 86 heavy (non-hydrogen) atoms. The van der Waals surface area contributed by atoms with Crippen LogP contribution in [-0.4, -0.2) is 79.0 Å². The van der Waals surface area contributed by atoms with E-state index in [-0.39, 0.29) is 82.8 Å². The number of hydrogen-bond acceptors (Lipinski definition) is 16. The molecular weight excluding hydrogens is 1110 g/mol. The lowest BCUT2D eigenvalue weighted by molar-refractivity contribution is -0.385. The summed E-state index contributed by atoms with van der Waals surface area (Å²) in [4.78, 5) is 83.3. The Bertz CT molecular complexity index is 3680. The van der Waals surface area contributed by atoms with Crippen LogP contribution in [-0.2, 0) is 5.41 Å². The molecule has 0 atom stereocenters. The first-order valence-corrected chi connectivity index (χ1v) is 27.0. The van der Waals surface area contributed by atoms with Crippen molar-refractivity contribution >= 4 is 80.5 Å². The second-order valence-electron chi connectivity index (χ2n) is 19.8. The zero-order valence-corrected chi connectivity index (χ0v) is 46.3. The van der Waals surface area contributed by atoms with Gasteiger partial charge in [-0.2, -0.15) is 33.6 Å². The SMILES string of the molecule is CCN(CCOc1ccc(C(C)(c2ccc(OCCN(CC)c3ccc(/N=N/c4ccc([N+](=O)[O-])cc4)cc3)c(N3C(=O)c4ccccc4C3=O)c2)C(F)(F)F)cc1N1C(=O)c2ccccc2C1=O)c1ccc(/N=N/c2ccc([N+](=O)[O-])cc2)cc1. The van der Waals surface area contributed by atoms with Crippen LogP contribution >= 0.6 is 0 Å². The summed E-state index contributed by atoms with van der Waals surface area (Å²) >= 11 is 0. The van der Waals surface area contributed by atoms with E-state index in [2.05, 4.69) is 20.5 Å². The second-order valence-corrected chi connectivity index (χ2v) is 19.8. The number of carbonyl (C=O) groups is 4. The Balaban J connectivity index is 0.932. The van der Waals surface area contributed by atoms with Gasteiger partial charge in [0.2, 0.25) is 0 Å². The highest BCUT2D eigenvalue weighted by atomic mass is 19.4. The lowest BCUT2D eigenvalue weighted by atomic mass is 9.75. The maximum Gasteiger partial charge on any atom is 0.402 e. The summed E-state index contributed by atoms with van der Waals surface area (Å²) in [6.45, 7) is 6.09. The molecule has 0 spiro atoms. The van der Waals surface area contributed by atoms with Crippen molar-refractivity contribution in [2.45, 2.75) is 32.4 Å². The Kier molecular flexibility index (Phi) is 16.6. The first-order valence-electron chi connectivity index (χ1n) is 27.0. The molecule has 20 nitrogen and oxygen atoms in total. The van der Waals surface area contributed by atoms with Crippen molar-refractivity contribution in [3.05, 3.63) is 236 Å². The number of likely N-dealkylation sites (N-methyl/N-ethyl adjacent to an activating group) is 2. The van der Waals surface area contributed by atoms with Crippen LogP contribution in [0, 0.1) is 20.2 Å². The smallest absolute Gasteiger partial charge is 0.402 e. The Morgan fingerprint density at radius 1 is 0.465 bits per heavy atom. The van der Waals surface area contributed by atoms with Crippen molar-refractivity contribution in [2.75, 3.05) is 59.0 Å². The Morgan fingerprint density at radius 3 is 1.05 bits per heavy atom. The number of nitrogens with zero attached hydrogens (tertiary/aromatic N) is 10. The molecule has 0 radical (unpaired) electrons. The molecule has 2 heterocycles. The Labute approximate surface area is 489 Å². The van der Waals surface area contributed by atoms with Crippen molar-refractivity contribution in [3.8, 4) is 11.5 Å². The zero-order chi connectivity index (χ0) is 60.9. The number of benzene rings is 8. The number of nitro benzene ring substituents is 2. The number of fused-ring (bicyclic) bond motifs is 2. The monoisotopic (exact) mass is 1160 g/mol. The molecule has 2 aliphatic rings. The van der Waals surface area contributed by atoms with Crippen molar-refractivity contribution in [3.63, 3.8) is 0 Å². The molecule has 0 saturated heterocycles. The largest absolute Gasteiger partial charge is 0.490 e. The molecular formula is C63H51F3N10O10. The number of ether oxygens (including phenoxy) is 2. The van der Waals surface area contributed by atoms with Crippen LogP contribution in [0.4, 0.5) is 70.0 Å². The minimum atomic E-state index is -5.11. The van der Waals surface area contributed by atoms with Crippen LogP contribution in [0.15, 0.2) is 202 Å². The highest BCUT2D eigenvalue weighted by Crippen LogP contribution is 2.51. The van der Waals surface area contributed by atoms with Gasteiger partial charge in [-0.15, -0.1) is 0 Å². The number of azo groups is 2. The van der Waals surface area contributed by atoms with Gasteiger partial charge in [-0.3, -0.25) is 39.4 Å². The lowest BCUT2D eigenvalue weighted by Gasteiger charge is -2.35. The number of nitro groups is 2. The van der Waals surface area contributed by atoms with Crippen LogP contribution < -0.4 is 29.1 Å². The van der Waals surface area contributed by atoms with E-state index >= 15 is 13.2 Å². The highest BCUT2D eigenvalue weighted by Gasteiger charge is 2.55. The van der Waals surface area contributed by atoms with Crippen molar-refractivity contribution < 1.29 is 51.7 Å². The number of halogens is 3. The number of non-ortho nitro benzene ring substituents is 2. The molecule has 0 saturated carbocycles. The van der Waals surface area contributed by atoms with E-state index in [4.69, 9.17) is 9.47 Å². The average Bonchev–Trinajstić information content (AvgIpc) is 1.69. The van der Waals surface area contributed by atoms with E-state index in [1.54, 1.807) is 72.8 Å². The van der Waals surface area contributed by atoms with E-state index in [1.807, 2.05) is 23.6 Å². The number of hydrogen-bond donors (Lipinski definition) is 0. The fraction of sp³-hybridized carbons (Fsp3) is 0.175. The van der Waals surface area contributed by atoms with Gasteiger partial charge in [-0.05, 0) is 153 Å². The van der Waals surface area contributed by atoms with Gasteiger partial charge in [0.25, 0.3) is 35.0 Å². The van der Waals surface area contributed by atoms with E-state index in [0.717, 1.165) is 40.2 Å². The molecule has 2 aliphatic heterocycles. The van der Waals surface area contributed by atoms with Crippen molar-refractivity contribution in [2.24, 2.45) is 20.5 Å². The molecule has 8 aromatic rings. The first-order chi connectivity index (χ1) is 41.4. The Hall–Kier alpha value is -11.0. The molecule has 0 unspecified atom stereocenters. The maximum atomic E-state index is 16.3.